The van der Waals surface area contributed by atoms with E-state index in [0.29, 0.717) is 18.1 Å². The Kier molecular flexibility index (Phi) is 4.37. The highest BCUT2D eigenvalue weighted by Crippen LogP contribution is 2.28. The van der Waals surface area contributed by atoms with Crippen LogP contribution in [-0.2, 0) is 4.79 Å². The van der Waals surface area contributed by atoms with Crippen LogP contribution in [0.15, 0.2) is 18.2 Å². The lowest BCUT2D eigenvalue weighted by atomic mass is 9.86. The zero-order chi connectivity index (χ0) is 13.8. The number of carbonyl (C=O) groups is 1. The molecule has 5 heteroatoms. The van der Waals surface area contributed by atoms with Crippen LogP contribution in [0.4, 0.5) is 4.39 Å². The molecule has 0 spiro atoms. The molecule has 1 unspecified atom stereocenters. The number of ether oxygens (including phenoxy) is 1. The highest BCUT2D eigenvalue weighted by Gasteiger charge is 2.19. The van der Waals surface area contributed by atoms with Gasteiger partial charge in [0.1, 0.15) is 0 Å². The Morgan fingerprint density at radius 2 is 2.26 bits per heavy atom. The fourth-order valence-electron chi connectivity index (χ4n) is 2.04. The molecule has 1 atom stereocenters. The summed E-state index contributed by atoms with van der Waals surface area (Å²) in [6, 6.07) is 3.69. The van der Waals surface area contributed by atoms with Gasteiger partial charge >= 0.3 is 5.97 Å². The van der Waals surface area contributed by atoms with Crippen molar-refractivity contribution in [2.75, 3.05) is 6.61 Å². The molecule has 1 aromatic carbocycles. The fraction of sp³-hybridized carbons (Fsp3) is 0.500. The van der Waals surface area contributed by atoms with Crippen molar-refractivity contribution < 1.29 is 19.0 Å². The van der Waals surface area contributed by atoms with Gasteiger partial charge in [-0.15, -0.1) is 0 Å². The van der Waals surface area contributed by atoms with Crippen LogP contribution in [0.5, 0.6) is 5.75 Å². The second-order valence-corrected chi connectivity index (χ2v) is 5.00. The number of halogens is 1. The van der Waals surface area contributed by atoms with Crippen molar-refractivity contribution in [1.29, 1.82) is 0 Å². The van der Waals surface area contributed by atoms with E-state index in [1.54, 1.807) is 6.07 Å². The minimum atomic E-state index is -1.00. The minimum Gasteiger partial charge on any atom is -0.490 e. The first kappa shape index (κ1) is 13.8. The predicted octanol–water partition coefficient (Wildman–Crippen LogP) is 2.48. The Bertz CT molecular complexity index is 460. The van der Waals surface area contributed by atoms with Crippen LogP contribution in [0.3, 0.4) is 0 Å². The van der Waals surface area contributed by atoms with E-state index < -0.39 is 17.8 Å². The third kappa shape index (κ3) is 3.67. The maximum Gasteiger partial charge on any atom is 0.305 e. The third-order valence-corrected chi connectivity index (χ3v) is 3.48. The van der Waals surface area contributed by atoms with Gasteiger partial charge in [0, 0.05) is 6.04 Å². The lowest BCUT2D eigenvalue weighted by Gasteiger charge is -2.25. The standard InChI is InChI=1S/C14H18FNO3/c15-11-6-10(12(16)7-14(17)18)4-5-13(11)19-8-9-2-1-3-9/h4-6,9,12H,1-3,7-8,16H2,(H,17,18). The summed E-state index contributed by atoms with van der Waals surface area (Å²) in [7, 11) is 0. The van der Waals surface area contributed by atoms with Gasteiger partial charge in [-0.1, -0.05) is 12.5 Å². The summed E-state index contributed by atoms with van der Waals surface area (Å²) >= 11 is 0. The summed E-state index contributed by atoms with van der Waals surface area (Å²) in [6.45, 7) is 0.539. The molecule has 19 heavy (non-hydrogen) atoms. The third-order valence-electron chi connectivity index (χ3n) is 3.48. The highest BCUT2D eigenvalue weighted by molar-refractivity contribution is 5.67. The zero-order valence-electron chi connectivity index (χ0n) is 10.6. The quantitative estimate of drug-likeness (QED) is 0.830. The Balaban J connectivity index is 1.97. The first-order chi connectivity index (χ1) is 9.06. The van der Waals surface area contributed by atoms with Crippen molar-refractivity contribution in [1.82, 2.24) is 0 Å². The van der Waals surface area contributed by atoms with Crippen LogP contribution in [0.25, 0.3) is 0 Å². The molecule has 2 rings (SSSR count). The summed E-state index contributed by atoms with van der Waals surface area (Å²) in [5.41, 5.74) is 6.15. The lowest BCUT2D eigenvalue weighted by molar-refractivity contribution is -0.137. The molecule has 0 radical (unpaired) electrons. The number of carboxylic acid groups (broad SMARTS) is 1. The topological polar surface area (TPSA) is 72.6 Å². The normalized spacial score (nSPS) is 16.7. The second kappa shape index (κ2) is 6.02. The van der Waals surface area contributed by atoms with Crippen LogP contribution in [0.1, 0.15) is 37.3 Å². The first-order valence-electron chi connectivity index (χ1n) is 6.46. The maximum absolute atomic E-state index is 13.8. The van der Waals surface area contributed by atoms with Gasteiger partial charge in [-0.05, 0) is 36.5 Å². The van der Waals surface area contributed by atoms with Crippen molar-refractivity contribution in [3.05, 3.63) is 29.6 Å². The summed E-state index contributed by atoms with van der Waals surface area (Å²) in [5.74, 6) is -0.748. The highest BCUT2D eigenvalue weighted by atomic mass is 19.1. The van der Waals surface area contributed by atoms with E-state index in [1.807, 2.05) is 0 Å². The first-order valence-corrected chi connectivity index (χ1v) is 6.46. The summed E-state index contributed by atoms with van der Waals surface area (Å²) in [5, 5.41) is 8.65. The molecule has 0 heterocycles. The predicted molar refractivity (Wildman–Crippen MR) is 68.4 cm³/mol. The van der Waals surface area contributed by atoms with E-state index in [4.69, 9.17) is 15.6 Å². The molecule has 1 aliphatic carbocycles. The number of aliphatic carboxylic acids is 1. The molecule has 1 saturated carbocycles. The largest absolute Gasteiger partial charge is 0.490 e. The lowest BCUT2D eigenvalue weighted by Crippen LogP contribution is -2.20. The number of nitrogens with two attached hydrogens (primary N) is 1. The van der Waals surface area contributed by atoms with Gasteiger partial charge in [0.25, 0.3) is 0 Å². The van der Waals surface area contributed by atoms with Gasteiger partial charge in [0.15, 0.2) is 11.6 Å². The number of hydrogen-bond acceptors (Lipinski definition) is 3. The molecular weight excluding hydrogens is 249 g/mol. The average molecular weight is 267 g/mol. The van der Waals surface area contributed by atoms with Crippen LogP contribution < -0.4 is 10.5 Å². The van der Waals surface area contributed by atoms with Crippen molar-refractivity contribution in [3.8, 4) is 5.75 Å². The average Bonchev–Trinajstić information content (AvgIpc) is 2.28. The van der Waals surface area contributed by atoms with Gasteiger partial charge in [0.05, 0.1) is 13.0 Å². The number of rotatable bonds is 6. The molecule has 4 nitrogen and oxygen atoms in total. The molecule has 1 aliphatic rings. The van der Waals surface area contributed by atoms with Crippen molar-refractivity contribution in [2.45, 2.75) is 31.7 Å². The molecule has 0 aromatic heterocycles. The van der Waals surface area contributed by atoms with Crippen molar-refractivity contribution in [2.24, 2.45) is 11.7 Å². The van der Waals surface area contributed by atoms with Crippen molar-refractivity contribution >= 4 is 5.97 Å². The molecule has 0 bridgehead atoms. The van der Waals surface area contributed by atoms with E-state index in [9.17, 15) is 9.18 Å². The number of carboxylic acids is 1. The van der Waals surface area contributed by atoms with Crippen LogP contribution in [0.2, 0.25) is 0 Å². The van der Waals surface area contributed by atoms with Gasteiger partial charge < -0.3 is 15.6 Å². The Labute approximate surface area is 111 Å². The molecule has 0 amide bonds. The van der Waals surface area contributed by atoms with Crippen LogP contribution in [0, 0.1) is 11.7 Å². The number of benzene rings is 1. The van der Waals surface area contributed by atoms with E-state index in [2.05, 4.69) is 0 Å². The van der Waals surface area contributed by atoms with Crippen molar-refractivity contribution in [3.63, 3.8) is 0 Å². The maximum atomic E-state index is 13.8. The van der Waals surface area contributed by atoms with Gasteiger partial charge in [0.2, 0.25) is 0 Å². The minimum absolute atomic E-state index is 0.207. The number of hydrogen-bond donors (Lipinski definition) is 2. The second-order valence-electron chi connectivity index (χ2n) is 5.00. The molecular formula is C14H18FNO3. The Morgan fingerprint density at radius 1 is 1.53 bits per heavy atom. The zero-order valence-corrected chi connectivity index (χ0v) is 10.6. The molecule has 0 aliphatic heterocycles. The molecule has 1 fully saturated rings. The Morgan fingerprint density at radius 3 is 2.79 bits per heavy atom. The Hall–Kier alpha value is -1.62. The fourth-order valence-corrected chi connectivity index (χ4v) is 2.04. The van der Waals surface area contributed by atoms with E-state index in [1.165, 1.54) is 18.6 Å². The van der Waals surface area contributed by atoms with Gasteiger partial charge in [-0.3, -0.25) is 4.79 Å². The summed E-state index contributed by atoms with van der Waals surface area (Å²) < 4.78 is 19.2. The monoisotopic (exact) mass is 267 g/mol. The van der Waals surface area contributed by atoms with Gasteiger partial charge in [-0.2, -0.15) is 0 Å². The molecule has 3 N–H and O–H groups in total. The molecule has 104 valence electrons. The van der Waals surface area contributed by atoms with E-state index in [-0.39, 0.29) is 12.2 Å². The summed E-state index contributed by atoms with van der Waals surface area (Å²) in [6.07, 6.45) is 3.29. The SMILES string of the molecule is NC(CC(=O)O)c1ccc(OCC2CCC2)c(F)c1. The van der Waals surface area contributed by atoms with Crippen LogP contribution >= 0.6 is 0 Å². The summed E-state index contributed by atoms with van der Waals surface area (Å²) in [4.78, 5) is 10.6. The van der Waals surface area contributed by atoms with Gasteiger partial charge in [-0.25, -0.2) is 4.39 Å². The smallest absolute Gasteiger partial charge is 0.305 e. The molecule has 0 saturated heterocycles. The van der Waals surface area contributed by atoms with E-state index in [0.717, 1.165) is 12.8 Å². The molecule has 1 aromatic rings. The van der Waals surface area contributed by atoms with Crippen LogP contribution in [-0.4, -0.2) is 17.7 Å². The van der Waals surface area contributed by atoms with E-state index >= 15 is 0 Å².